The fourth-order valence-electron chi connectivity index (χ4n) is 2.01. The summed E-state index contributed by atoms with van der Waals surface area (Å²) in [7, 11) is 0. The zero-order valence-electron chi connectivity index (χ0n) is 11.2. The number of aromatic nitrogens is 2. The van der Waals surface area contributed by atoms with Gasteiger partial charge in [0.15, 0.2) is 0 Å². The van der Waals surface area contributed by atoms with Crippen LogP contribution in [0.3, 0.4) is 0 Å². The lowest BCUT2D eigenvalue weighted by Gasteiger charge is -2.06. The number of para-hydroxylation sites is 1. The van der Waals surface area contributed by atoms with Gasteiger partial charge in [0.2, 0.25) is 0 Å². The maximum absolute atomic E-state index is 12.2. The van der Waals surface area contributed by atoms with Crippen LogP contribution in [0.5, 0.6) is 0 Å². The second-order valence-electron chi connectivity index (χ2n) is 4.43. The van der Waals surface area contributed by atoms with Crippen LogP contribution in [-0.4, -0.2) is 29.0 Å². The summed E-state index contributed by atoms with van der Waals surface area (Å²) in [5.74, 6) is -0.178. The average Bonchev–Trinajstić information content (AvgIpc) is 2.96. The molecule has 1 aromatic carbocycles. The third-order valence-electron chi connectivity index (χ3n) is 2.98. The lowest BCUT2D eigenvalue weighted by molar-refractivity contribution is 0.0955. The quantitative estimate of drug-likeness (QED) is 0.772. The zero-order valence-corrected chi connectivity index (χ0v) is 12.1. The number of thiazole rings is 1. The van der Waals surface area contributed by atoms with Crippen molar-refractivity contribution in [3.05, 3.63) is 48.2 Å². The van der Waals surface area contributed by atoms with Gasteiger partial charge in [0.25, 0.3) is 5.91 Å². The van der Waals surface area contributed by atoms with E-state index in [-0.39, 0.29) is 5.91 Å². The highest BCUT2D eigenvalue weighted by Gasteiger charge is 2.16. The largest absolute Gasteiger partial charge is 0.351 e. The molecule has 21 heavy (non-hydrogen) atoms. The molecule has 2 heterocycles. The van der Waals surface area contributed by atoms with Gasteiger partial charge in [0.05, 0.1) is 15.8 Å². The van der Waals surface area contributed by atoms with Gasteiger partial charge < -0.3 is 11.1 Å². The zero-order chi connectivity index (χ0) is 14.7. The number of hydrogen-bond donors (Lipinski definition) is 2. The highest BCUT2D eigenvalue weighted by molar-refractivity contribution is 7.21. The minimum atomic E-state index is -0.178. The van der Waals surface area contributed by atoms with Gasteiger partial charge in [-0.1, -0.05) is 12.1 Å². The Morgan fingerprint density at radius 2 is 2.10 bits per heavy atom. The number of pyridine rings is 1. The van der Waals surface area contributed by atoms with E-state index in [1.54, 1.807) is 18.3 Å². The number of carbonyl (C=O) groups excluding carboxylic acids is 1. The van der Waals surface area contributed by atoms with Crippen molar-refractivity contribution in [2.75, 3.05) is 13.1 Å². The summed E-state index contributed by atoms with van der Waals surface area (Å²) in [6, 6.07) is 11.4. The number of nitrogens with zero attached hydrogens (tertiary/aromatic N) is 2. The lowest BCUT2D eigenvalue weighted by atomic mass is 10.2. The minimum absolute atomic E-state index is 0.178. The second kappa shape index (κ2) is 5.99. The van der Waals surface area contributed by atoms with E-state index in [2.05, 4.69) is 15.3 Å². The number of benzene rings is 1. The third-order valence-corrected chi connectivity index (χ3v) is 4.02. The standard InChI is InChI=1S/C15H14N4OS/c16-7-9-18-14(20)10-4-3-8-17-13(10)15-19-11-5-1-2-6-12(11)21-15/h1-6,8H,7,9,16H2,(H,18,20). The SMILES string of the molecule is NCCNC(=O)c1cccnc1-c1nc2ccccc2s1. The highest BCUT2D eigenvalue weighted by Crippen LogP contribution is 2.30. The van der Waals surface area contributed by atoms with Gasteiger partial charge in [0.1, 0.15) is 10.7 Å². The molecule has 0 aliphatic heterocycles. The predicted molar refractivity (Wildman–Crippen MR) is 84.2 cm³/mol. The van der Waals surface area contributed by atoms with Crippen molar-refractivity contribution in [2.45, 2.75) is 0 Å². The third kappa shape index (κ3) is 2.76. The first kappa shape index (κ1) is 13.7. The Morgan fingerprint density at radius 1 is 1.24 bits per heavy atom. The summed E-state index contributed by atoms with van der Waals surface area (Å²) in [6.45, 7) is 0.843. The molecule has 2 aromatic heterocycles. The summed E-state index contributed by atoms with van der Waals surface area (Å²) >= 11 is 1.53. The Labute approximate surface area is 125 Å². The molecule has 0 fully saturated rings. The van der Waals surface area contributed by atoms with E-state index >= 15 is 0 Å². The Balaban J connectivity index is 2.03. The average molecular weight is 298 g/mol. The van der Waals surface area contributed by atoms with E-state index in [0.29, 0.717) is 24.3 Å². The van der Waals surface area contributed by atoms with Crippen molar-refractivity contribution in [3.63, 3.8) is 0 Å². The number of hydrogen-bond acceptors (Lipinski definition) is 5. The van der Waals surface area contributed by atoms with E-state index in [1.807, 2.05) is 24.3 Å². The molecule has 6 heteroatoms. The smallest absolute Gasteiger partial charge is 0.253 e. The minimum Gasteiger partial charge on any atom is -0.351 e. The van der Waals surface area contributed by atoms with Crippen molar-refractivity contribution < 1.29 is 4.79 Å². The fraction of sp³-hybridized carbons (Fsp3) is 0.133. The molecule has 0 spiro atoms. The molecule has 0 radical (unpaired) electrons. The number of carbonyl (C=O) groups is 1. The van der Waals surface area contributed by atoms with E-state index < -0.39 is 0 Å². The Kier molecular flexibility index (Phi) is 3.89. The Hall–Kier alpha value is -2.31. The van der Waals surface area contributed by atoms with Crippen molar-refractivity contribution >= 4 is 27.5 Å². The summed E-state index contributed by atoms with van der Waals surface area (Å²) in [5, 5.41) is 3.51. The first-order valence-corrected chi connectivity index (χ1v) is 7.40. The second-order valence-corrected chi connectivity index (χ2v) is 5.46. The summed E-state index contributed by atoms with van der Waals surface area (Å²) in [5.41, 5.74) is 7.45. The first-order valence-electron chi connectivity index (χ1n) is 6.59. The van der Waals surface area contributed by atoms with Gasteiger partial charge in [-0.05, 0) is 24.3 Å². The molecule has 0 aliphatic rings. The molecular weight excluding hydrogens is 284 g/mol. The number of nitrogens with two attached hydrogens (primary N) is 1. The van der Waals surface area contributed by atoms with E-state index in [4.69, 9.17) is 5.73 Å². The number of fused-ring (bicyclic) bond motifs is 1. The molecular formula is C15H14N4OS. The number of nitrogens with one attached hydrogen (secondary N) is 1. The molecule has 0 unspecified atom stereocenters. The first-order chi connectivity index (χ1) is 10.3. The van der Waals surface area contributed by atoms with Crippen molar-refractivity contribution in [3.8, 4) is 10.7 Å². The van der Waals surface area contributed by atoms with Crippen LogP contribution in [0.25, 0.3) is 20.9 Å². The van der Waals surface area contributed by atoms with Gasteiger partial charge >= 0.3 is 0 Å². The fourth-order valence-corrected chi connectivity index (χ4v) is 2.99. The van der Waals surface area contributed by atoms with Crippen LogP contribution in [-0.2, 0) is 0 Å². The van der Waals surface area contributed by atoms with Crippen LogP contribution in [0.15, 0.2) is 42.6 Å². The monoisotopic (exact) mass is 298 g/mol. The molecule has 1 amide bonds. The van der Waals surface area contributed by atoms with Gasteiger partial charge in [-0.2, -0.15) is 0 Å². The van der Waals surface area contributed by atoms with Crippen LogP contribution in [0, 0.1) is 0 Å². The molecule has 3 rings (SSSR count). The molecule has 5 nitrogen and oxygen atoms in total. The molecule has 0 atom stereocenters. The van der Waals surface area contributed by atoms with Gasteiger partial charge in [-0.3, -0.25) is 9.78 Å². The number of amides is 1. The lowest BCUT2D eigenvalue weighted by Crippen LogP contribution is -2.29. The molecule has 0 aliphatic carbocycles. The van der Waals surface area contributed by atoms with Crippen LogP contribution in [0.1, 0.15) is 10.4 Å². The predicted octanol–water partition coefficient (Wildman–Crippen LogP) is 2.05. The maximum Gasteiger partial charge on any atom is 0.253 e. The molecule has 0 bridgehead atoms. The molecule has 3 aromatic rings. The maximum atomic E-state index is 12.2. The Morgan fingerprint density at radius 3 is 2.90 bits per heavy atom. The normalized spacial score (nSPS) is 10.7. The van der Waals surface area contributed by atoms with Crippen molar-refractivity contribution in [1.82, 2.24) is 15.3 Å². The topological polar surface area (TPSA) is 80.9 Å². The van der Waals surface area contributed by atoms with Gasteiger partial charge in [-0.25, -0.2) is 4.98 Å². The van der Waals surface area contributed by atoms with Crippen LogP contribution < -0.4 is 11.1 Å². The van der Waals surface area contributed by atoms with Gasteiger partial charge in [-0.15, -0.1) is 11.3 Å². The summed E-state index contributed by atoms with van der Waals surface area (Å²) in [6.07, 6.45) is 1.67. The van der Waals surface area contributed by atoms with Crippen molar-refractivity contribution in [2.24, 2.45) is 5.73 Å². The van der Waals surface area contributed by atoms with E-state index in [9.17, 15) is 4.79 Å². The molecule has 0 saturated carbocycles. The Bertz CT molecular complexity index is 751. The van der Waals surface area contributed by atoms with Crippen LogP contribution >= 0.6 is 11.3 Å². The van der Waals surface area contributed by atoms with Gasteiger partial charge in [0, 0.05) is 19.3 Å². The summed E-state index contributed by atoms with van der Waals surface area (Å²) < 4.78 is 1.08. The summed E-state index contributed by atoms with van der Waals surface area (Å²) in [4.78, 5) is 21.1. The van der Waals surface area contributed by atoms with E-state index in [1.165, 1.54) is 11.3 Å². The van der Waals surface area contributed by atoms with Crippen LogP contribution in [0.2, 0.25) is 0 Å². The molecule has 106 valence electrons. The van der Waals surface area contributed by atoms with E-state index in [0.717, 1.165) is 15.2 Å². The molecule has 0 saturated heterocycles. The van der Waals surface area contributed by atoms with Crippen LogP contribution in [0.4, 0.5) is 0 Å². The highest BCUT2D eigenvalue weighted by atomic mass is 32.1. The van der Waals surface area contributed by atoms with Crippen molar-refractivity contribution in [1.29, 1.82) is 0 Å². The number of rotatable bonds is 4. The molecule has 3 N–H and O–H groups in total.